The molecule has 0 bridgehead atoms. The Hall–Kier alpha value is -2.19. The average Bonchev–Trinajstić information content (AvgIpc) is 2.39. The van der Waals surface area contributed by atoms with Gasteiger partial charge in [0.2, 0.25) is 10.0 Å². The summed E-state index contributed by atoms with van der Waals surface area (Å²) in [6.45, 7) is 2.07. The minimum absolute atomic E-state index is 0.0131. The van der Waals surface area contributed by atoms with Crippen LogP contribution in [0.25, 0.3) is 0 Å². The van der Waals surface area contributed by atoms with Gasteiger partial charge in [-0.2, -0.15) is 10.2 Å². The number of anilines is 2. The van der Waals surface area contributed by atoms with E-state index < -0.39 is 10.0 Å². The van der Waals surface area contributed by atoms with Gasteiger partial charge in [0, 0.05) is 17.6 Å². The van der Waals surface area contributed by atoms with E-state index >= 15 is 0 Å². The second-order valence-electron chi connectivity index (χ2n) is 4.31. The summed E-state index contributed by atoms with van der Waals surface area (Å²) in [5.74, 6) is 0. The zero-order valence-corrected chi connectivity index (χ0v) is 11.7. The maximum atomic E-state index is 11.5. The Kier molecular flexibility index (Phi) is 3.86. The van der Waals surface area contributed by atoms with Gasteiger partial charge in [-0.1, -0.05) is 0 Å². The van der Waals surface area contributed by atoms with E-state index in [-0.39, 0.29) is 4.90 Å². The Morgan fingerprint density at radius 1 is 1.35 bits per heavy atom. The van der Waals surface area contributed by atoms with Crippen LogP contribution in [0.5, 0.6) is 0 Å². The number of primary sulfonamides is 1. The number of sulfonamides is 1. The Morgan fingerprint density at radius 2 is 2.10 bits per heavy atom. The molecule has 1 aromatic heterocycles. The summed E-state index contributed by atoms with van der Waals surface area (Å²) < 4.78 is 23.0. The molecule has 0 unspecified atom stereocenters. The molecule has 5 N–H and O–H groups in total. The third-order valence-corrected chi connectivity index (χ3v) is 3.81. The maximum absolute atomic E-state index is 11.5. The fraction of sp³-hybridized carbons (Fsp3) is 0.167. The summed E-state index contributed by atoms with van der Waals surface area (Å²) >= 11 is 0. The maximum Gasteiger partial charge on any atom is 0.238 e. The highest BCUT2D eigenvalue weighted by Crippen LogP contribution is 2.26. The Labute approximate surface area is 117 Å². The molecule has 0 saturated heterocycles. The number of hydrogen-bond acceptors (Lipinski definition) is 6. The van der Waals surface area contributed by atoms with Crippen molar-refractivity contribution < 1.29 is 8.42 Å². The topological polar surface area (TPSA) is 124 Å². The lowest BCUT2D eigenvalue weighted by atomic mass is 10.1. The van der Waals surface area contributed by atoms with Crippen LogP contribution in [0, 0.1) is 6.92 Å². The van der Waals surface area contributed by atoms with Crippen molar-refractivity contribution in [3.63, 3.8) is 0 Å². The lowest BCUT2D eigenvalue weighted by molar-refractivity contribution is 0.597. The largest absolute Gasteiger partial charge is 0.399 e. The van der Waals surface area contributed by atoms with Crippen LogP contribution in [0.2, 0.25) is 0 Å². The van der Waals surface area contributed by atoms with Gasteiger partial charge in [0.15, 0.2) is 0 Å². The first-order valence-corrected chi connectivity index (χ1v) is 7.36. The molecule has 106 valence electrons. The molecular weight excluding hydrogens is 278 g/mol. The quantitative estimate of drug-likeness (QED) is 0.710. The number of benzene rings is 1. The minimum Gasteiger partial charge on any atom is -0.399 e. The van der Waals surface area contributed by atoms with E-state index in [2.05, 4.69) is 15.5 Å². The van der Waals surface area contributed by atoms with Gasteiger partial charge in [-0.25, -0.2) is 13.6 Å². The SMILES string of the molecule is Cc1c(NCc2cccnn2)cc(N)cc1S(N)(=O)=O. The van der Waals surface area contributed by atoms with Crippen molar-refractivity contribution in [3.05, 3.63) is 41.7 Å². The molecule has 0 aliphatic carbocycles. The summed E-state index contributed by atoms with van der Waals surface area (Å²) in [5.41, 5.74) is 7.87. The van der Waals surface area contributed by atoms with Crippen LogP contribution >= 0.6 is 0 Å². The number of nitrogens with zero attached hydrogens (tertiary/aromatic N) is 2. The monoisotopic (exact) mass is 293 g/mol. The lowest BCUT2D eigenvalue weighted by Crippen LogP contribution is -2.15. The molecule has 0 amide bonds. The average molecular weight is 293 g/mol. The molecule has 0 radical (unpaired) electrons. The molecule has 1 heterocycles. The normalized spacial score (nSPS) is 11.3. The fourth-order valence-corrected chi connectivity index (χ4v) is 2.64. The first-order chi connectivity index (χ1) is 9.38. The van der Waals surface area contributed by atoms with E-state index in [1.807, 2.05) is 6.07 Å². The Bertz CT molecular complexity index is 716. The molecule has 2 aromatic rings. The molecule has 0 spiro atoms. The van der Waals surface area contributed by atoms with Crippen molar-refractivity contribution >= 4 is 21.4 Å². The number of rotatable bonds is 4. The summed E-state index contributed by atoms with van der Waals surface area (Å²) in [7, 11) is -3.81. The summed E-state index contributed by atoms with van der Waals surface area (Å²) in [6, 6.07) is 6.58. The van der Waals surface area contributed by atoms with Gasteiger partial charge in [0.1, 0.15) is 0 Å². The third-order valence-electron chi connectivity index (χ3n) is 2.78. The first-order valence-electron chi connectivity index (χ1n) is 5.81. The molecule has 0 aliphatic rings. The van der Waals surface area contributed by atoms with Crippen molar-refractivity contribution in [1.82, 2.24) is 10.2 Å². The van der Waals surface area contributed by atoms with E-state index in [4.69, 9.17) is 10.9 Å². The number of nitrogens with two attached hydrogens (primary N) is 2. The van der Waals surface area contributed by atoms with Crippen molar-refractivity contribution in [2.45, 2.75) is 18.4 Å². The van der Waals surface area contributed by atoms with Crippen molar-refractivity contribution in [3.8, 4) is 0 Å². The number of aromatic nitrogens is 2. The predicted molar refractivity (Wildman–Crippen MR) is 76.3 cm³/mol. The third kappa shape index (κ3) is 3.22. The highest BCUT2D eigenvalue weighted by molar-refractivity contribution is 7.89. The molecule has 0 atom stereocenters. The lowest BCUT2D eigenvalue weighted by Gasteiger charge is -2.13. The van der Waals surface area contributed by atoms with Crippen LogP contribution in [0.3, 0.4) is 0 Å². The molecular formula is C12H15N5O2S. The second kappa shape index (κ2) is 5.43. The van der Waals surface area contributed by atoms with E-state index in [0.717, 1.165) is 5.69 Å². The number of nitrogen functional groups attached to an aromatic ring is 1. The molecule has 20 heavy (non-hydrogen) atoms. The first kappa shape index (κ1) is 14.2. The van der Waals surface area contributed by atoms with Crippen LogP contribution in [0.15, 0.2) is 35.4 Å². The van der Waals surface area contributed by atoms with Gasteiger partial charge in [-0.3, -0.25) is 0 Å². The Morgan fingerprint density at radius 3 is 2.70 bits per heavy atom. The van der Waals surface area contributed by atoms with Gasteiger partial charge in [-0.05, 0) is 36.8 Å². The van der Waals surface area contributed by atoms with Gasteiger partial charge in [-0.15, -0.1) is 0 Å². The fourth-order valence-electron chi connectivity index (χ4n) is 1.80. The zero-order valence-electron chi connectivity index (χ0n) is 10.9. The molecule has 7 nitrogen and oxygen atoms in total. The molecule has 0 aliphatic heterocycles. The van der Waals surface area contributed by atoms with Gasteiger partial charge in [0.05, 0.1) is 17.1 Å². The van der Waals surface area contributed by atoms with Gasteiger partial charge < -0.3 is 11.1 Å². The van der Waals surface area contributed by atoms with Crippen LogP contribution < -0.4 is 16.2 Å². The summed E-state index contributed by atoms with van der Waals surface area (Å²) in [6.07, 6.45) is 1.58. The summed E-state index contributed by atoms with van der Waals surface area (Å²) in [5, 5.41) is 15.9. The van der Waals surface area contributed by atoms with Crippen LogP contribution in [-0.2, 0) is 16.6 Å². The Balaban J connectivity index is 2.31. The molecule has 2 rings (SSSR count). The van der Waals surface area contributed by atoms with Crippen molar-refractivity contribution in [2.24, 2.45) is 5.14 Å². The molecule has 0 saturated carbocycles. The standard InChI is InChI=1S/C12H15N5O2S/c1-8-11(15-7-10-3-2-4-16-17-10)5-9(13)6-12(8)20(14,18)19/h2-6,15H,7,13H2,1H3,(H2,14,18,19). The van der Waals surface area contributed by atoms with E-state index in [1.54, 1.807) is 25.3 Å². The second-order valence-corrected chi connectivity index (χ2v) is 5.84. The van der Waals surface area contributed by atoms with E-state index in [1.165, 1.54) is 6.07 Å². The van der Waals surface area contributed by atoms with Crippen molar-refractivity contribution in [2.75, 3.05) is 11.1 Å². The van der Waals surface area contributed by atoms with Crippen LogP contribution in [0.4, 0.5) is 11.4 Å². The zero-order chi connectivity index (χ0) is 14.8. The van der Waals surface area contributed by atoms with Crippen molar-refractivity contribution in [1.29, 1.82) is 0 Å². The van der Waals surface area contributed by atoms with Crippen LogP contribution in [0.1, 0.15) is 11.3 Å². The highest BCUT2D eigenvalue weighted by Gasteiger charge is 2.15. The predicted octanol–water partition coefficient (Wildman–Crippen LogP) is 0.627. The smallest absolute Gasteiger partial charge is 0.238 e. The van der Waals surface area contributed by atoms with Crippen LogP contribution in [-0.4, -0.2) is 18.6 Å². The summed E-state index contributed by atoms with van der Waals surface area (Å²) in [4.78, 5) is 0.0131. The number of nitrogens with one attached hydrogen (secondary N) is 1. The molecule has 8 heteroatoms. The molecule has 0 fully saturated rings. The van der Waals surface area contributed by atoms with Gasteiger partial charge >= 0.3 is 0 Å². The highest BCUT2D eigenvalue weighted by atomic mass is 32.2. The van der Waals surface area contributed by atoms with Gasteiger partial charge in [0.25, 0.3) is 0 Å². The number of hydrogen-bond donors (Lipinski definition) is 3. The molecule has 1 aromatic carbocycles. The minimum atomic E-state index is -3.81. The van der Waals surface area contributed by atoms with E-state index in [9.17, 15) is 8.42 Å². The van der Waals surface area contributed by atoms with E-state index in [0.29, 0.717) is 23.5 Å².